The fraction of sp³-hybridized carbons (Fsp3) is 0.125. The Hall–Kier alpha value is -5.60. The molecule has 0 atom stereocenters. The highest BCUT2D eigenvalue weighted by atomic mass is 32.2. The Balaban J connectivity index is 1.19. The Morgan fingerprint density at radius 2 is 1.38 bits per heavy atom. The number of nitrogens with one attached hydrogen (secondary N) is 2. The Labute approximate surface area is 285 Å². The van der Waals surface area contributed by atoms with Gasteiger partial charge >= 0.3 is 0 Å². The van der Waals surface area contributed by atoms with Gasteiger partial charge < -0.3 is 15.5 Å². The molecule has 1 aliphatic heterocycles. The second-order valence-electron chi connectivity index (χ2n) is 11.6. The van der Waals surface area contributed by atoms with Crippen molar-refractivity contribution in [2.75, 3.05) is 35.0 Å². The number of carbonyl (C=O) groups is 3. The summed E-state index contributed by atoms with van der Waals surface area (Å²) in [5, 5.41) is 5.73. The molecule has 1 aliphatic rings. The molecule has 3 amide bonds. The number of carbonyl (C=O) groups excluding carboxylic acids is 3. The Morgan fingerprint density at radius 1 is 0.750 bits per heavy atom. The van der Waals surface area contributed by atoms with Crippen LogP contribution in [0.5, 0.6) is 0 Å². The molecule has 0 saturated carbocycles. The first-order valence-electron chi connectivity index (χ1n) is 15.7. The monoisotopic (exact) mass is 652 g/mol. The summed E-state index contributed by atoms with van der Waals surface area (Å²) in [4.78, 5) is 45.2. The van der Waals surface area contributed by atoms with Crippen molar-refractivity contribution in [1.29, 1.82) is 0 Å². The third kappa shape index (κ3) is 7.67. The van der Waals surface area contributed by atoms with Crippen LogP contribution in [0, 0.1) is 0 Å². The summed E-state index contributed by atoms with van der Waals surface area (Å²) < 4.78 is 0. The van der Waals surface area contributed by atoms with Crippen molar-refractivity contribution in [2.24, 2.45) is 0 Å². The zero-order chi connectivity index (χ0) is 33.5. The highest BCUT2D eigenvalue weighted by Crippen LogP contribution is 2.37. The summed E-state index contributed by atoms with van der Waals surface area (Å²) in [6.07, 6.45) is 3.40. The highest BCUT2D eigenvalue weighted by molar-refractivity contribution is 8.00. The third-order valence-electron chi connectivity index (χ3n) is 8.08. The van der Waals surface area contributed by atoms with E-state index >= 15 is 0 Å². The van der Waals surface area contributed by atoms with Crippen LogP contribution in [0.1, 0.15) is 27.0 Å². The van der Waals surface area contributed by atoms with E-state index in [1.165, 1.54) is 11.8 Å². The van der Waals surface area contributed by atoms with Crippen molar-refractivity contribution in [3.05, 3.63) is 155 Å². The summed E-state index contributed by atoms with van der Waals surface area (Å²) in [7, 11) is 3.91. The predicted octanol–water partition coefficient (Wildman–Crippen LogP) is 7.72. The molecule has 1 heterocycles. The average molecular weight is 653 g/mol. The van der Waals surface area contributed by atoms with Gasteiger partial charge in [-0.05, 0) is 90.2 Å². The fourth-order valence-electron chi connectivity index (χ4n) is 5.60. The number of amides is 3. The fourth-order valence-corrected chi connectivity index (χ4v) is 6.40. The summed E-state index contributed by atoms with van der Waals surface area (Å²) >= 11 is 1.41. The zero-order valence-electron chi connectivity index (χ0n) is 26.9. The summed E-state index contributed by atoms with van der Waals surface area (Å²) in [6.45, 7) is 0. The number of anilines is 4. The highest BCUT2D eigenvalue weighted by Gasteiger charge is 2.25. The second-order valence-corrected chi connectivity index (χ2v) is 12.7. The molecule has 6 rings (SSSR count). The molecular weight excluding hydrogens is 617 g/mol. The van der Waals surface area contributed by atoms with Gasteiger partial charge in [-0.25, -0.2) is 0 Å². The van der Waals surface area contributed by atoms with Crippen LogP contribution in [-0.2, 0) is 22.4 Å². The maximum Gasteiger partial charge on any atom is 0.272 e. The van der Waals surface area contributed by atoms with Gasteiger partial charge in [-0.2, -0.15) is 0 Å². The van der Waals surface area contributed by atoms with E-state index in [9.17, 15) is 14.4 Å². The van der Waals surface area contributed by atoms with Crippen molar-refractivity contribution in [3.8, 4) is 0 Å². The van der Waals surface area contributed by atoms with Crippen molar-refractivity contribution >= 4 is 58.3 Å². The van der Waals surface area contributed by atoms with E-state index in [1.807, 2.05) is 109 Å². The van der Waals surface area contributed by atoms with Crippen LogP contribution in [0.3, 0.4) is 0 Å². The largest absolute Gasteiger partial charge is 0.378 e. The summed E-state index contributed by atoms with van der Waals surface area (Å²) in [5.74, 6) is -0.667. The van der Waals surface area contributed by atoms with Gasteiger partial charge in [-0.3, -0.25) is 19.3 Å². The molecule has 48 heavy (non-hydrogen) atoms. The van der Waals surface area contributed by atoms with Gasteiger partial charge in [0.25, 0.3) is 11.8 Å². The minimum absolute atomic E-state index is 0.0228. The molecule has 2 N–H and O–H groups in total. The van der Waals surface area contributed by atoms with E-state index in [-0.39, 0.29) is 23.3 Å². The van der Waals surface area contributed by atoms with Gasteiger partial charge in [0.2, 0.25) is 5.91 Å². The number of fused-ring (bicyclic) bond motifs is 2. The maximum atomic E-state index is 13.8. The first kappa shape index (κ1) is 32.3. The Bertz CT molecular complexity index is 1930. The molecule has 0 saturated heterocycles. The third-order valence-corrected chi connectivity index (χ3v) is 9.06. The molecule has 0 spiro atoms. The maximum absolute atomic E-state index is 13.8. The summed E-state index contributed by atoms with van der Waals surface area (Å²) in [6, 6.07) is 40.0. The van der Waals surface area contributed by atoms with E-state index in [1.54, 1.807) is 36.4 Å². The molecule has 7 nitrogen and oxygen atoms in total. The minimum atomic E-state index is -0.466. The number of para-hydroxylation sites is 2. The first-order valence-corrected chi connectivity index (χ1v) is 16.7. The standard InChI is InChI=1S/C40H36N4O3S/c1-43(2)33-23-19-28(20-24-33)25-35(42-39(46)31-13-4-3-5-14-31)40(47)41-32-15-10-16-34(26-32)48-27-38(45)44-36-17-8-6-11-29(36)21-22-30-12-7-9-18-37(30)44/h3-20,23-26H,21-22,27H2,1-2H3,(H,41,47)(H,42,46)/b35-25-. The van der Waals surface area contributed by atoms with Gasteiger partial charge in [-0.15, -0.1) is 11.8 Å². The van der Waals surface area contributed by atoms with Crippen LogP contribution >= 0.6 is 11.8 Å². The molecule has 5 aromatic rings. The van der Waals surface area contributed by atoms with Gasteiger partial charge in [0.15, 0.2) is 0 Å². The van der Waals surface area contributed by atoms with Crippen molar-refractivity contribution in [1.82, 2.24) is 5.32 Å². The normalized spacial score (nSPS) is 12.3. The van der Waals surface area contributed by atoms with Crippen LogP contribution in [0.15, 0.2) is 138 Å². The molecule has 0 radical (unpaired) electrons. The lowest BCUT2D eigenvalue weighted by Gasteiger charge is -2.25. The van der Waals surface area contributed by atoms with E-state index in [2.05, 4.69) is 22.8 Å². The lowest BCUT2D eigenvalue weighted by atomic mass is 10.0. The van der Waals surface area contributed by atoms with E-state index in [0.29, 0.717) is 11.3 Å². The topological polar surface area (TPSA) is 81.8 Å². The van der Waals surface area contributed by atoms with Crippen molar-refractivity contribution < 1.29 is 14.4 Å². The molecule has 0 aliphatic carbocycles. The number of rotatable bonds is 9. The van der Waals surface area contributed by atoms with Crippen molar-refractivity contribution in [2.45, 2.75) is 17.7 Å². The smallest absolute Gasteiger partial charge is 0.272 e. The second kappa shape index (κ2) is 14.9. The van der Waals surface area contributed by atoms with Crippen LogP contribution in [0.2, 0.25) is 0 Å². The lowest BCUT2D eigenvalue weighted by molar-refractivity contribution is -0.115. The van der Waals surface area contributed by atoms with Gasteiger partial charge in [0.1, 0.15) is 5.70 Å². The number of aryl methyl sites for hydroxylation is 2. The number of benzene rings is 5. The van der Waals surface area contributed by atoms with Crippen molar-refractivity contribution in [3.63, 3.8) is 0 Å². The molecule has 0 unspecified atom stereocenters. The molecule has 0 bridgehead atoms. The number of thioether (sulfide) groups is 1. The number of hydrogen-bond acceptors (Lipinski definition) is 5. The Kier molecular flexibility index (Phi) is 10.0. The molecule has 0 fully saturated rings. The van der Waals surface area contributed by atoms with Crippen LogP contribution in [0.4, 0.5) is 22.7 Å². The summed E-state index contributed by atoms with van der Waals surface area (Å²) in [5.41, 5.74) is 7.00. The number of nitrogens with zero attached hydrogens (tertiary/aromatic N) is 2. The zero-order valence-corrected chi connectivity index (χ0v) is 27.7. The molecule has 8 heteroatoms. The van der Waals surface area contributed by atoms with E-state index in [4.69, 9.17) is 0 Å². The molecule has 0 aromatic heterocycles. The minimum Gasteiger partial charge on any atom is -0.378 e. The average Bonchev–Trinajstić information content (AvgIpc) is 3.28. The van der Waals surface area contributed by atoms with Crippen LogP contribution < -0.4 is 20.4 Å². The lowest BCUT2D eigenvalue weighted by Crippen LogP contribution is -2.30. The van der Waals surface area contributed by atoms with E-state index < -0.39 is 5.91 Å². The van der Waals surface area contributed by atoms with Crippen LogP contribution in [-0.4, -0.2) is 37.6 Å². The molecule has 240 valence electrons. The van der Waals surface area contributed by atoms with Gasteiger partial charge in [-0.1, -0.05) is 72.8 Å². The SMILES string of the molecule is CN(C)c1ccc(/C=C(\NC(=O)c2ccccc2)C(=O)Nc2cccc(SCC(=O)N3c4ccccc4CCc4ccccc43)c2)cc1. The number of hydrogen-bond donors (Lipinski definition) is 2. The Morgan fingerprint density at radius 3 is 2.02 bits per heavy atom. The van der Waals surface area contributed by atoms with Gasteiger partial charge in [0.05, 0.1) is 17.1 Å². The first-order chi connectivity index (χ1) is 23.4. The van der Waals surface area contributed by atoms with Gasteiger partial charge in [0, 0.05) is 35.9 Å². The predicted molar refractivity (Wildman–Crippen MR) is 196 cm³/mol. The molecule has 5 aromatic carbocycles. The quantitative estimate of drug-likeness (QED) is 0.126. The van der Waals surface area contributed by atoms with E-state index in [0.717, 1.165) is 51.5 Å². The molecular formula is C40H36N4O3S. The van der Waals surface area contributed by atoms with Crippen LogP contribution in [0.25, 0.3) is 6.08 Å².